The molecule has 20 heavy (non-hydrogen) atoms. The van der Waals surface area contributed by atoms with Gasteiger partial charge >= 0.3 is 0 Å². The highest BCUT2D eigenvalue weighted by Crippen LogP contribution is 2.33. The molecule has 1 unspecified atom stereocenters. The Morgan fingerprint density at radius 2 is 2.30 bits per heavy atom. The first kappa shape index (κ1) is 14.0. The number of carbonyl (C=O) groups is 1. The van der Waals surface area contributed by atoms with Crippen molar-refractivity contribution in [3.05, 3.63) is 33.9 Å². The zero-order chi connectivity index (χ0) is 14.7. The second-order valence-corrected chi connectivity index (χ2v) is 4.85. The lowest BCUT2D eigenvalue weighted by Crippen LogP contribution is -2.29. The number of hydrogen-bond acceptors (Lipinski definition) is 5. The molecule has 1 saturated carbocycles. The molecule has 1 atom stereocenters. The van der Waals surface area contributed by atoms with E-state index in [4.69, 9.17) is 11.0 Å². The molecule has 0 bridgehead atoms. The van der Waals surface area contributed by atoms with Gasteiger partial charge in [-0.2, -0.15) is 5.26 Å². The second kappa shape index (κ2) is 5.67. The molecule has 1 amide bonds. The molecule has 1 aliphatic rings. The molecule has 7 nitrogen and oxygen atoms in total. The van der Waals surface area contributed by atoms with E-state index in [2.05, 4.69) is 5.32 Å². The predicted molar refractivity (Wildman–Crippen MR) is 71.8 cm³/mol. The van der Waals surface area contributed by atoms with Crippen LogP contribution < -0.4 is 11.1 Å². The first-order chi connectivity index (χ1) is 9.51. The Morgan fingerprint density at radius 3 is 2.85 bits per heavy atom. The van der Waals surface area contributed by atoms with Gasteiger partial charge in [0.2, 0.25) is 5.91 Å². The Kier molecular flexibility index (Phi) is 3.96. The van der Waals surface area contributed by atoms with Crippen LogP contribution in [0.15, 0.2) is 18.2 Å². The van der Waals surface area contributed by atoms with Crippen LogP contribution in [0.4, 0.5) is 11.4 Å². The van der Waals surface area contributed by atoms with Gasteiger partial charge in [-0.3, -0.25) is 14.9 Å². The number of nitro benzene ring substituents is 1. The van der Waals surface area contributed by atoms with E-state index in [0.717, 1.165) is 18.9 Å². The number of nitro groups is 1. The van der Waals surface area contributed by atoms with E-state index in [-0.39, 0.29) is 35.3 Å². The summed E-state index contributed by atoms with van der Waals surface area (Å²) >= 11 is 0. The zero-order valence-corrected chi connectivity index (χ0v) is 10.7. The molecule has 104 valence electrons. The number of nitrogens with zero attached hydrogens (tertiary/aromatic N) is 2. The number of nitrogens with one attached hydrogen (secondary N) is 1. The topological polar surface area (TPSA) is 122 Å². The van der Waals surface area contributed by atoms with Crippen LogP contribution in [0.3, 0.4) is 0 Å². The Hall–Kier alpha value is -2.46. The third-order valence-corrected chi connectivity index (χ3v) is 3.25. The largest absolute Gasteiger partial charge is 0.327 e. The fourth-order valence-corrected chi connectivity index (χ4v) is 1.96. The molecule has 0 aliphatic heterocycles. The minimum atomic E-state index is -0.628. The first-order valence-electron chi connectivity index (χ1n) is 6.25. The summed E-state index contributed by atoms with van der Waals surface area (Å²) in [5, 5.41) is 22.1. The summed E-state index contributed by atoms with van der Waals surface area (Å²) in [6.45, 7) is 0. The minimum absolute atomic E-state index is 0.0852. The Morgan fingerprint density at radius 1 is 1.60 bits per heavy atom. The van der Waals surface area contributed by atoms with Gasteiger partial charge in [0.25, 0.3) is 5.69 Å². The lowest BCUT2D eigenvalue weighted by Gasteiger charge is -2.10. The molecule has 1 aromatic rings. The van der Waals surface area contributed by atoms with Crippen LogP contribution in [-0.4, -0.2) is 16.9 Å². The summed E-state index contributed by atoms with van der Waals surface area (Å²) in [6.07, 6.45) is 2.21. The van der Waals surface area contributed by atoms with Gasteiger partial charge in [-0.25, -0.2) is 0 Å². The van der Waals surface area contributed by atoms with E-state index in [1.54, 1.807) is 0 Å². The molecule has 3 N–H and O–H groups in total. The molecular formula is C13H14N4O3. The van der Waals surface area contributed by atoms with Crippen molar-refractivity contribution in [3.63, 3.8) is 0 Å². The number of anilines is 1. The average Bonchev–Trinajstić information content (AvgIpc) is 3.23. The van der Waals surface area contributed by atoms with E-state index in [1.165, 1.54) is 12.1 Å². The number of nitriles is 1. The second-order valence-electron chi connectivity index (χ2n) is 4.85. The quantitative estimate of drug-likeness (QED) is 0.622. The molecule has 1 aliphatic carbocycles. The maximum absolute atomic E-state index is 11.8. The highest BCUT2D eigenvalue weighted by Gasteiger charge is 2.30. The van der Waals surface area contributed by atoms with Crippen molar-refractivity contribution in [3.8, 4) is 6.07 Å². The van der Waals surface area contributed by atoms with Gasteiger partial charge in [-0.05, 0) is 30.9 Å². The van der Waals surface area contributed by atoms with Gasteiger partial charge in [0.05, 0.1) is 16.6 Å². The van der Waals surface area contributed by atoms with Crippen molar-refractivity contribution in [2.75, 3.05) is 5.32 Å². The molecule has 2 rings (SSSR count). The zero-order valence-electron chi connectivity index (χ0n) is 10.7. The lowest BCUT2D eigenvalue weighted by atomic mass is 10.1. The Bertz CT molecular complexity index is 590. The lowest BCUT2D eigenvalue weighted by molar-refractivity contribution is -0.383. The predicted octanol–water partition coefficient (Wildman–Crippen LogP) is 1.53. The molecule has 1 fully saturated rings. The SMILES string of the molecule is N#Cc1ccc(NC(=O)CC(N)C2CC2)c([N+](=O)[O-])c1. The van der Waals surface area contributed by atoms with E-state index < -0.39 is 4.92 Å². The first-order valence-corrected chi connectivity index (χ1v) is 6.25. The van der Waals surface area contributed by atoms with Gasteiger partial charge in [0, 0.05) is 18.5 Å². The van der Waals surface area contributed by atoms with Crippen molar-refractivity contribution in [2.24, 2.45) is 11.7 Å². The number of amides is 1. The monoisotopic (exact) mass is 274 g/mol. The van der Waals surface area contributed by atoms with Crippen LogP contribution in [-0.2, 0) is 4.79 Å². The van der Waals surface area contributed by atoms with Crippen LogP contribution in [0, 0.1) is 27.4 Å². The number of carbonyl (C=O) groups excluding carboxylic acids is 1. The van der Waals surface area contributed by atoms with E-state index in [9.17, 15) is 14.9 Å². The maximum atomic E-state index is 11.8. The third kappa shape index (κ3) is 3.30. The highest BCUT2D eigenvalue weighted by molar-refractivity contribution is 5.93. The summed E-state index contributed by atoms with van der Waals surface area (Å²) in [4.78, 5) is 22.1. The van der Waals surface area contributed by atoms with Crippen molar-refractivity contribution < 1.29 is 9.72 Å². The molecule has 0 spiro atoms. The van der Waals surface area contributed by atoms with Crippen molar-refractivity contribution in [1.29, 1.82) is 5.26 Å². The van der Waals surface area contributed by atoms with Crippen LogP contribution in [0.1, 0.15) is 24.8 Å². The van der Waals surface area contributed by atoms with Crippen LogP contribution in [0.2, 0.25) is 0 Å². The smallest absolute Gasteiger partial charge is 0.294 e. The van der Waals surface area contributed by atoms with Crippen molar-refractivity contribution in [2.45, 2.75) is 25.3 Å². The normalized spacial score (nSPS) is 15.2. The fourth-order valence-electron chi connectivity index (χ4n) is 1.96. The highest BCUT2D eigenvalue weighted by atomic mass is 16.6. The number of rotatable bonds is 5. The summed E-state index contributed by atoms with van der Waals surface area (Å²) in [6, 6.07) is 5.53. The minimum Gasteiger partial charge on any atom is -0.327 e. The van der Waals surface area contributed by atoms with Crippen LogP contribution >= 0.6 is 0 Å². The average molecular weight is 274 g/mol. The molecule has 0 saturated heterocycles. The summed E-state index contributed by atoms with van der Waals surface area (Å²) < 4.78 is 0. The molecule has 7 heteroatoms. The fraction of sp³-hybridized carbons (Fsp3) is 0.385. The van der Waals surface area contributed by atoms with Crippen molar-refractivity contribution in [1.82, 2.24) is 0 Å². The summed E-state index contributed by atoms with van der Waals surface area (Å²) in [5.41, 5.74) is 5.80. The van der Waals surface area contributed by atoms with Gasteiger partial charge in [0.15, 0.2) is 0 Å². The van der Waals surface area contributed by atoms with E-state index in [0.29, 0.717) is 5.92 Å². The van der Waals surface area contributed by atoms with Crippen LogP contribution in [0.5, 0.6) is 0 Å². The molecule has 0 aromatic heterocycles. The number of benzene rings is 1. The van der Waals surface area contributed by atoms with E-state index >= 15 is 0 Å². The Labute approximate surface area is 115 Å². The standard InChI is InChI=1S/C13H14N4O3/c14-7-8-1-4-11(12(5-8)17(19)20)16-13(18)6-10(15)9-2-3-9/h1,4-5,9-10H,2-3,6,15H2,(H,16,18). The summed E-state index contributed by atoms with van der Waals surface area (Å²) in [5.74, 6) is 0.0360. The van der Waals surface area contributed by atoms with Crippen molar-refractivity contribution >= 4 is 17.3 Å². The summed E-state index contributed by atoms with van der Waals surface area (Å²) in [7, 11) is 0. The number of nitrogens with two attached hydrogens (primary N) is 1. The van der Waals surface area contributed by atoms with Gasteiger partial charge < -0.3 is 11.1 Å². The Balaban J connectivity index is 2.09. The van der Waals surface area contributed by atoms with Crippen LogP contribution in [0.25, 0.3) is 0 Å². The third-order valence-electron chi connectivity index (χ3n) is 3.25. The van der Waals surface area contributed by atoms with Gasteiger partial charge in [0.1, 0.15) is 5.69 Å². The van der Waals surface area contributed by atoms with Gasteiger partial charge in [-0.1, -0.05) is 0 Å². The molecule has 1 aromatic carbocycles. The molecule has 0 radical (unpaired) electrons. The van der Waals surface area contributed by atoms with Gasteiger partial charge in [-0.15, -0.1) is 0 Å². The maximum Gasteiger partial charge on any atom is 0.294 e. The van der Waals surface area contributed by atoms with E-state index in [1.807, 2.05) is 6.07 Å². The molecule has 0 heterocycles. The number of hydrogen-bond donors (Lipinski definition) is 2. The molecular weight excluding hydrogens is 260 g/mol.